The number of halogens is 2. The van der Waals surface area contributed by atoms with Crippen LogP contribution in [0.3, 0.4) is 0 Å². The van der Waals surface area contributed by atoms with Crippen molar-refractivity contribution < 1.29 is 13.9 Å². The van der Waals surface area contributed by atoms with Crippen molar-refractivity contribution in [3.63, 3.8) is 0 Å². The van der Waals surface area contributed by atoms with E-state index in [2.05, 4.69) is 4.98 Å². The molecule has 1 heterocycles. The summed E-state index contributed by atoms with van der Waals surface area (Å²) in [4.78, 5) is 3.94. The molecule has 2 rings (SSSR count). The average molecular weight is 283 g/mol. The molecule has 6 heteroatoms. The molecule has 0 amide bonds. The van der Waals surface area contributed by atoms with Gasteiger partial charge in [0.15, 0.2) is 11.6 Å². The normalized spacial score (nSPS) is 10.3. The van der Waals surface area contributed by atoms with Crippen molar-refractivity contribution >= 4 is 17.4 Å². The Hall–Kier alpha value is -2.01. The van der Waals surface area contributed by atoms with Crippen LogP contribution in [0.4, 0.5) is 10.2 Å². The van der Waals surface area contributed by atoms with E-state index in [-0.39, 0.29) is 23.2 Å². The third-order valence-corrected chi connectivity index (χ3v) is 2.43. The highest BCUT2D eigenvalue weighted by molar-refractivity contribution is 6.30. The first-order chi connectivity index (χ1) is 9.08. The lowest BCUT2D eigenvalue weighted by Gasteiger charge is -2.08. The molecule has 0 aliphatic heterocycles. The molecule has 0 radical (unpaired) electrons. The monoisotopic (exact) mass is 282 g/mol. The Morgan fingerprint density at radius 1 is 1.32 bits per heavy atom. The van der Waals surface area contributed by atoms with Crippen LogP contribution in [0, 0.1) is 5.82 Å². The van der Waals surface area contributed by atoms with Crippen LogP contribution in [-0.2, 0) is 0 Å². The van der Waals surface area contributed by atoms with Gasteiger partial charge in [0.2, 0.25) is 5.88 Å². The van der Waals surface area contributed by atoms with E-state index in [0.29, 0.717) is 11.6 Å². The molecular weight excluding hydrogens is 271 g/mol. The van der Waals surface area contributed by atoms with E-state index in [1.807, 2.05) is 0 Å². The average Bonchev–Trinajstić information content (AvgIpc) is 2.31. The summed E-state index contributed by atoms with van der Waals surface area (Å²) in [5, 5.41) is 0.397. The maximum Gasteiger partial charge on any atom is 0.222 e. The van der Waals surface area contributed by atoms with Gasteiger partial charge < -0.3 is 15.2 Å². The second-order valence-electron chi connectivity index (χ2n) is 3.68. The molecule has 1 aromatic carbocycles. The molecule has 0 aliphatic carbocycles. The number of nitrogen functional groups attached to an aromatic ring is 1. The first-order valence-electron chi connectivity index (χ1n) is 5.61. The molecule has 100 valence electrons. The second-order valence-corrected chi connectivity index (χ2v) is 4.11. The second kappa shape index (κ2) is 5.75. The van der Waals surface area contributed by atoms with Crippen LogP contribution in [0.25, 0.3) is 0 Å². The molecule has 19 heavy (non-hydrogen) atoms. The quantitative estimate of drug-likeness (QED) is 0.930. The van der Waals surface area contributed by atoms with Gasteiger partial charge in [0.1, 0.15) is 11.6 Å². The van der Waals surface area contributed by atoms with Gasteiger partial charge in [-0.3, -0.25) is 0 Å². The van der Waals surface area contributed by atoms with Gasteiger partial charge in [0.05, 0.1) is 6.61 Å². The Morgan fingerprint density at radius 2 is 2.11 bits per heavy atom. The third kappa shape index (κ3) is 3.48. The van der Waals surface area contributed by atoms with Gasteiger partial charge in [-0.25, -0.2) is 4.39 Å². The smallest absolute Gasteiger partial charge is 0.222 e. The van der Waals surface area contributed by atoms with Gasteiger partial charge in [0.25, 0.3) is 0 Å². The highest BCUT2D eigenvalue weighted by Crippen LogP contribution is 2.27. The lowest BCUT2D eigenvalue weighted by atomic mass is 10.3. The van der Waals surface area contributed by atoms with Gasteiger partial charge in [-0.2, -0.15) is 4.98 Å². The molecule has 4 nitrogen and oxygen atoms in total. The van der Waals surface area contributed by atoms with E-state index < -0.39 is 5.82 Å². The van der Waals surface area contributed by atoms with Crippen molar-refractivity contribution in [1.82, 2.24) is 4.98 Å². The van der Waals surface area contributed by atoms with Gasteiger partial charge in [0, 0.05) is 17.2 Å². The van der Waals surface area contributed by atoms with Crippen LogP contribution >= 0.6 is 11.6 Å². The van der Waals surface area contributed by atoms with E-state index >= 15 is 0 Å². The highest BCUT2D eigenvalue weighted by Gasteiger charge is 2.07. The van der Waals surface area contributed by atoms with Crippen molar-refractivity contribution in [1.29, 1.82) is 0 Å². The van der Waals surface area contributed by atoms with Gasteiger partial charge >= 0.3 is 0 Å². The number of pyridine rings is 1. The van der Waals surface area contributed by atoms with Crippen LogP contribution in [-0.4, -0.2) is 11.6 Å². The largest absolute Gasteiger partial charge is 0.491 e. The van der Waals surface area contributed by atoms with Crippen LogP contribution in [0.15, 0.2) is 30.3 Å². The predicted molar refractivity (Wildman–Crippen MR) is 71.3 cm³/mol. The number of anilines is 1. The zero-order chi connectivity index (χ0) is 13.8. The summed E-state index contributed by atoms with van der Waals surface area (Å²) in [6.45, 7) is 2.17. The fourth-order valence-corrected chi connectivity index (χ4v) is 1.69. The van der Waals surface area contributed by atoms with Crippen LogP contribution < -0.4 is 15.2 Å². The molecular formula is C13H12ClFN2O2. The fraction of sp³-hybridized carbons (Fsp3) is 0.154. The van der Waals surface area contributed by atoms with Crippen molar-refractivity contribution in [2.75, 3.05) is 12.3 Å². The Bertz CT molecular complexity index is 573. The number of hydrogen-bond acceptors (Lipinski definition) is 4. The van der Waals surface area contributed by atoms with E-state index in [1.54, 1.807) is 13.0 Å². The Balaban J connectivity index is 2.21. The summed E-state index contributed by atoms with van der Waals surface area (Å²) >= 11 is 5.82. The summed E-state index contributed by atoms with van der Waals surface area (Å²) < 4.78 is 24.1. The van der Waals surface area contributed by atoms with Crippen LogP contribution in [0.2, 0.25) is 5.02 Å². The summed E-state index contributed by atoms with van der Waals surface area (Å²) in [7, 11) is 0. The molecule has 0 fully saturated rings. The fourth-order valence-electron chi connectivity index (χ4n) is 1.48. The molecule has 0 bridgehead atoms. The minimum absolute atomic E-state index is 0.174. The molecule has 0 saturated carbocycles. The lowest BCUT2D eigenvalue weighted by Crippen LogP contribution is -1.96. The van der Waals surface area contributed by atoms with Crippen molar-refractivity contribution in [3.05, 3.63) is 41.2 Å². The standard InChI is InChI=1S/C13H12ClFN2O2/c1-2-18-11-4-3-9(7-10(11)15)19-13-6-8(14)5-12(16)17-13/h3-7H,2H2,1H3,(H2,16,17). The number of ether oxygens (including phenoxy) is 2. The van der Waals surface area contributed by atoms with Crippen LogP contribution in [0.1, 0.15) is 6.92 Å². The number of nitrogens with zero attached hydrogens (tertiary/aromatic N) is 1. The minimum Gasteiger partial charge on any atom is -0.491 e. The summed E-state index contributed by atoms with van der Waals surface area (Å²) in [6, 6.07) is 7.26. The van der Waals surface area contributed by atoms with E-state index in [4.69, 9.17) is 26.8 Å². The summed E-state index contributed by atoms with van der Waals surface area (Å²) in [5.74, 6) is 0.389. The summed E-state index contributed by atoms with van der Waals surface area (Å²) in [5.41, 5.74) is 5.54. The minimum atomic E-state index is -0.505. The lowest BCUT2D eigenvalue weighted by molar-refractivity contribution is 0.320. The maximum atomic E-state index is 13.6. The summed E-state index contributed by atoms with van der Waals surface area (Å²) in [6.07, 6.45) is 0. The topological polar surface area (TPSA) is 57.4 Å². The number of nitrogens with two attached hydrogens (primary N) is 1. The van der Waals surface area contributed by atoms with Gasteiger partial charge in [-0.15, -0.1) is 0 Å². The molecule has 2 aromatic rings. The van der Waals surface area contributed by atoms with Crippen molar-refractivity contribution in [2.45, 2.75) is 6.92 Å². The van der Waals surface area contributed by atoms with E-state index in [9.17, 15) is 4.39 Å². The first-order valence-corrected chi connectivity index (χ1v) is 5.99. The van der Waals surface area contributed by atoms with Gasteiger partial charge in [-0.05, 0) is 25.1 Å². The predicted octanol–water partition coefficient (Wildman–Crippen LogP) is 3.65. The molecule has 0 aliphatic rings. The zero-order valence-electron chi connectivity index (χ0n) is 10.2. The van der Waals surface area contributed by atoms with Crippen molar-refractivity contribution in [3.8, 4) is 17.4 Å². The van der Waals surface area contributed by atoms with Gasteiger partial charge in [-0.1, -0.05) is 11.6 Å². The van der Waals surface area contributed by atoms with Crippen LogP contribution in [0.5, 0.6) is 17.4 Å². The van der Waals surface area contributed by atoms with E-state index in [0.717, 1.165) is 0 Å². The molecule has 0 atom stereocenters. The molecule has 2 N–H and O–H groups in total. The SMILES string of the molecule is CCOc1ccc(Oc2cc(Cl)cc(N)n2)cc1F. The number of benzene rings is 1. The Morgan fingerprint density at radius 3 is 2.74 bits per heavy atom. The van der Waals surface area contributed by atoms with E-state index in [1.165, 1.54) is 24.3 Å². The molecule has 0 unspecified atom stereocenters. The third-order valence-electron chi connectivity index (χ3n) is 2.21. The molecule has 0 saturated heterocycles. The highest BCUT2D eigenvalue weighted by atomic mass is 35.5. The Kier molecular flexibility index (Phi) is 4.06. The Labute approximate surface area is 114 Å². The maximum absolute atomic E-state index is 13.6. The number of rotatable bonds is 4. The number of aromatic nitrogens is 1. The zero-order valence-corrected chi connectivity index (χ0v) is 10.9. The number of hydrogen-bond donors (Lipinski definition) is 1. The van der Waals surface area contributed by atoms with Crippen molar-refractivity contribution in [2.24, 2.45) is 0 Å². The molecule has 0 spiro atoms. The molecule has 1 aromatic heterocycles. The first kappa shape index (κ1) is 13.4.